The molecule has 1 spiro atoms. The van der Waals surface area contributed by atoms with Crippen LogP contribution >= 0.6 is 27.3 Å². The molecule has 2 aromatic rings. The molecule has 158 valence electrons. The fourth-order valence-corrected chi connectivity index (χ4v) is 6.30. The first-order valence-corrected chi connectivity index (χ1v) is 12.0. The Balaban J connectivity index is 1.19. The van der Waals surface area contributed by atoms with E-state index in [1.165, 1.54) is 20.9 Å². The lowest BCUT2D eigenvalue weighted by Crippen LogP contribution is -2.53. The Hall–Kier alpha value is -1.74. The van der Waals surface area contributed by atoms with E-state index in [1.54, 1.807) is 11.3 Å². The molecule has 3 heterocycles. The second-order valence-corrected chi connectivity index (χ2v) is 11.0. The lowest BCUT2D eigenvalue weighted by atomic mass is 9.78. The summed E-state index contributed by atoms with van der Waals surface area (Å²) in [5.41, 5.74) is 1.70. The molecule has 1 aromatic carbocycles. The van der Waals surface area contributed by atoms with Gasteiger partial charge in [0.05, 0.1) is 10.5 Å². The third kappa shape index (κ3) is 3.82. The lowest BCUT2D eigenvalue weighted by Gasteiger charge is -2.36. The van der Waals surface area contributed by atoms with Crippen LogP contribution < -0.4 is 5.32 Å². The van der Waals surface area contributed by atoms with Crippen LogP contribution in [0, 0.1) is 0 Å². The number of carbonyl (C=O) groups is 2. The van der Waals surface area contributed by atoms with Crippen molar-refractivity contribution in [3.05, 3.63) is 56.2 Å². The molecule has 1 unspecified atom stereocenters. The Morgan fingerprint density at radius 3 is 2.47 bits per heavy atom. The molecule has 2 aliphatic heterocycles. The van der Waals surface area contributed by atoms with Crippen LogP contribution in [0.2, 0.25) is 0 Å². The third-order valence-electron chi connectivity index (χ3n) is 6.49. The summed E-state index contributed by atoms with van der Waals surface area (Å²) in [5, 5.41) is 3.04. The van der Waals surface area contributed by atoms with Crippen molar-refractivity contribution < 1.29 is 9.59 Å². The number of halogens is 1. The van der Waals surface area contributed by atoms with Crippen LogP contribution in [-0.4, -0.2) is 65.0 Å². The topological polar surface area (TPSA) is 55.9 Å². The van der Waals surface area contributed by atoms with E-state index in [1.807, 2.05) is 12.1 Å². The Morgan fingerprint density at radius 2 is 1.73 bits per heavy atom. The van der Waals surface area contributed by atoms with Gasteiger partial charge < -0.3 is 5.32 Å². The number of rotatable bonds is 4. The lowest BCUT2D eigenvalue weighted by molar-refractivity contribution is -0.133. The molecule has 3 amide bonds. The van der Waals surface area contributed by atoms with Crippen LogP contribution in [0.25, 0.3) is 0 Å². The minimum atomic E-state index is -0.764. The van der Waals surface area contributed by atoms with Gasteiger partial charge in [-0.15, -0.1) is 11.3 Å². The quantitative estimate of drug-likeness (QED) is 0.671. The molecular weight excluding hydrogens is 464 g/mol. The number of nitrogens with one attached hydrogen (secondary N) is 1. The molecule has 30 heavy (non-hydrogen) atoms. The highest BCUT2D eigenvalue weighted by atomic mass is 79.9. The van der Waals surface area contributed by atoms with Crippen molar-refractivity contribution in [1.82, 2.24) is 20.0 Å². The first kappa shape index (κ1) is 20.2. The van der Waals surface area contributed by atoms with Gasteiger partial charge in [0.15, 0.2) is 0 Å². The molecule has 5 rings (SSSR count). The zero-order valence-corrected chi connectivity index (χ0v) is 19.2. The fraction of sp³-hybridized carbons (Fsp3) is 0.455. The highest BCUT2D eigenvalue weighted by molar-refractivity contribution is 9.11. The van der Waals surface area contributed by atoms with E-state index >= 15 is 0 Å². The third-order valence-corrected chi connectivity index (χ3v) is 8.10. The molecular formula is C22H25BrN4O2S. The van der Waals surface area contributed by atoms with Crippen LogP contribution in [0.4, 0.5) is 4.79 Å². The maximum Gasteiger partial charge on any atom is 0.326 e. The number of hydrogen-bond donors (Lipinski definition) is 1. The van der Waals surface area contributed by atoms with Crippen molar-refractivity contribution in [3.8, 4) is 0 Å². The smallest absolute Gasteiger partial charge is 0.323 e. The number of nitrogens with zero attached hydrogens (tertiary/aromatic N) is 3. The van der Waals surface area contributed by atoms with E-state index in [4.69, 9.17) is 0 Å². The Labute approximate surface area is 189 Å². The highest BCUT2D eigenvalue weighted by Gasteiger charge is 2.52. The van der Waals surface area contributed by atoms with Crippen LogP contribution in [0.3, 0.4) is 0 Å². The molecule has 2 fully saturated rings. The average molecular weight is 489 g/mol. The van der Waals surface area contributed by atoms with Gasteiger partial charge in [0.1, 0.15) is 5.54 Å². The van der Waals surface area contributed by atoms with Gasteiger partial charge in [-0.1, -0.05) is 24.3 Å². The number of thiophene rings is 1. The molecule has 8 heteroatoms. The van der Waals surface area contributed by atoms with Gasteiger partial charge in [-0.3, -0.25) is 14.6 Å². The minimum Gasteiger partial charge on any atom is -0.323 e. The van der Waals surface area contributed by atoms with Crippen molar-refractivity contribution in [3.63, 3.8) is 0 Å². The van der Waals surface area contributed by atoms with E-state index in [0.29, 0.717) is 19.5 Å². The standard InChI is InChI=1S/C22H25BrN4O2S/c23-19-6-5-18(30-19)14-25-9-11-26(12-10-25)15-27-20(28)22(24-21(27)29)8-7-16-3-1-2-4-17(16)13-22/h1-6H,7-15H2,(H,24,29). The molecule has 1 aromatic heterocycles. The van der Waals surface area contributed by atoms with E-state index in [2.05, 4.69) is 55.3 Å². The van der Waals surface area contributed by atoms with Crippen molar-refractivity contribution in [2.24, 2.45) is 0 Å². The summed E-state index contributed by atoms with van der Waals surface area (Å²) in [6.45, 7) is 4.94. The number of carbonyl (C=O) groups excluding carboxylic acids is 2. The number of benzene rings is 1. The largest absolute Gasteiger partial charge is 0.326 e. The van der Waals surface area contributed by atoms with Gasteiger partial charge in [0.2, 0.25) is 0 Å². The predicted octanol–water partition coefficient (Wildman–Crippen LogP) is 3.07. The maximum atomic E-state index is 13.3. The van der Waals surface area contributed by atoms with Gasteiger partial charge in [0.25, 0.3) is 5.91 Å². The molecule has 6 nitrogen and oxygen atoms in total. The number of fused-ring (bicyclic) bond motifs is 1. The maximum absolute atomic E-state index is 13.3. The second kappa shape index (κ2) is 8.07. The Kier molecular flexibility index (Phi) is 5.43. The monoisotopic (exact) mass is 488 g/mol. The normalized spacial score (nSPS) is 25.0. The second-order valence-electron chi connectivity index (χ2n) is 8.43. The van der Waals surface area contributed by atoms with Gasteiger partial charge in [-0.25, -0.2) is 9.69 Å². The fourth-order valence-electron chi connectivity index (χ4n) is 4.78. The zero-order chi connectivity index (χ0) is 20.7. The zero-order valence-electron chi connectivity index (χ0n) is 16.8. The summed E-state index contributed by atoms with van der Waals surface area (Å²) < 4.78 is 1.16. The van der Waals surface area contributed by atoms with Crippen molar-refractivity contribution in [1.29, 1.82) is 0 Å². The SMILES string of the molecule is O=C1NC2(CCc3ccccc3C2)C(=O)N1CN1CCN(Cc2ccc(Br)s2)CC1. The summed E-state index contributed by atoms with van der Waals surface area (Å²) in [7, 11) is 0. The van der Waals surface area contributed by atoms with Crippen LogP contribution in [0.5, 0.6) is 0 Å². The van der Waals surface area contributed by atoms with E-state index in [9.17, 15) is 9.59 Å². The van der Waals surface area contributed by atoms with E-state index in [0.717, 1.165) is 42.9 Å². The Bertz CT molecular complexity index is 972. The summed E-state index contributed by atoms with van der Waals surface area (Å²) in [5.74, 6) is -0.0622. The van der Waals surface area contributed by atoms with Gasteiger partial charge >= 0.3 is 6.03 Å². The van der Waals surface area contributed by atoms with Gasteiger partial charge in [-0.2, -0.15) is 0 Å². The summed E-state index contributed by atoms with van der Waals surface area (Å²) in [6, 6.07) is 12.2. The molecule has 0 bridgehead atoms. The van der Waals surface area contributed by atoms with Crippen LogP contribution in [0.1, 0.15) is 22.4 Å². The predicted molar refractivity (Wildman–Crippen MR) is 120 cm³/mol. The summed E-state index contributed by atoms with van der Waals surface area (Å²) >= 11 is 5.29. The van der Waals surface area contributed by atoms with Crippen molar-refractivity contribution in [2.45, 2.75) is 31.3 Å². The molecule has 0 radical (unpaired) electrons. The summed E-state index contributed by atoms with van der Waals surface area (Å²) in [4.78, 5) is 33.4. The first-order chi connectivity index (χ1) is 14.5. The number of aryl methyl sites for hydroxylation is 1. The van der Waals surface area contributed by atoms with Crippen molar-refractivity contribution >= 4 is 39.2 Å². The average Bonchev–Trinajstić information content (AvgIpc) is 3.25. The Morgan fingerprint density at radius 1 is 1.00 bits per heavy atom. The van der Waals surface area contributed by atoms with Gasteiger partial charge in [-0.05, 0) is 52.0 Å². The number of hydrogen-bond acceptors (Lipinski definition) is 5. The molecule has 1 aliphatic carbocycles. The number of amides is 3. The molecule has 2 saturated heterocycles. The van der Waals surface area contributed by atoms with E-state index in [-0.39, 0.29) is 11.9 Å². The van der Waals surface area contributed by atoms with Crippen molar-refractivity contribution in [2.75, 3.05) is 32.8 Å². The number of imide groups is 1. The van der Waals surface area contributed by atoms with E-state index < -0.39 is 5.54 Å². The number of piperazine rings is 1. The van der Waals surface area contributed by atoms with Gasteiger partial charge in [0, 0.05) is 44.0 Å². The highest BCUT2D eigenvalue weighted by Crippen LogP contribution is 2.33. The molecule has 1 atom stereocenters. The number of urea groups is 1. The molecule has 0 saturated carbocycles. The molecule has 3 aliphatic rings. The minimum absolute atomic E-state index is 0.0622. The molecule has 1 N–H and O–H groups in total. The van der Waals surface area contributed by atoms with Crippen LogP contribution in [-0.2, 0) is 24.2 Å². The first-order valence-electron chi connectivity index (χ1n) is 10.4. The van der Waals surface area contributed by atoms with Crippen LogP contribution in [0.15, 0.2) is 40.2 Å². The summed E-state index contributed by atoms with van der Waals surface area (Å²) in [6.07, 6.45) is 2.09.